The number of aromatic nitrogens is 1. The lowest BCUT2D eigenvalue weighted by molar-refractivity contribution is -0.117. The second-order valence-electron chi connectivity index (χ2n) is 10.00. The number of amides is 1. The van der Waals surface area contributed by atoms with Crippen molar-refractivity contribution in [2.45, 2.75) is 70.9 Å². The van der Waals surface area contributed by atoms with Crippen LogP contribution in [0.2, 0.25) is 0 Å². The minimum atomic E-state index is -2.85. The molecule has 0 atom stereocenters. The van der Waals surface area contributed by atoms with Gasteiger partial charge >= 0.3 is 0 Å². The summed E-state index contributed by atoms with van der Waals surface area (Å²) in [6.45, 7) is 5.01. The number of fused-ring (bicyclic) bond motifs is 1. The van der Waals surface area contributed by atoms with E-state index in [9.17, 15) is 13.6 Å². The van der Waals surface area contributed by atoms with Crippen LogP contribution in [0.3, 0.4) is 0 Å². The molecule has 5 nitrogen and oxygen atoms in total. The van der Waals surface area contributed by atoms with Crippen LogP contribution >= 0.6 is 11.3 Å². The van der Waals surface area contributed by atoms with Crippen LogP contribution in [0.5, 0.6) is 5.19 Å². The Labute approximate surface area is 210 Å². The fourth-order valence-electron chi connectivity index (χ4n) is 4.83. The van der Waals surface area contributed by atoms with Crippen molar-refractivity contribution >= 4 is 23.3 Å². The van der Waals surface area contributed by atoms with Crippen molar-refractivity contribution in [1.29, 1.82) is 0 Å². The van der Waals surface area contributed by atoms with Gasteiger partial charge in [0.05, 0.1) is 5.69 Å². The van der Waals surface area contributed by atoms with Crippen molar-refractivity contribution in [3.05, 3.63) is 52.0 Å². The zero-order valence-electron chi connectivity index (χ0n) is 20.6. The molecule has 1 aromatic heterocycles. The fourth-order valence-corrected chi connectivity index (χ4v) is 5.73. The standard InChI is InChI=1S/C27H35F2N3O2S/c1-19-4-3-5-21(16-19)8-11-25(33)30-22-9-6-20(7-10-22)12-14-32-15-13-24-23(17-32)31-26(35-24)34-18-27(2,28)29/h3-5,8,11,16,20,22H,6-7,9-10,12-15,17-18H2,1-2H3,(H,30,33)/b11-8+. The highest BCUT2D eigenvalue weighted by Crippen LogP contribution is 2.32. The van der Waals surface area contributed by atoms with E-state index in [1.165, 1.54) is 16.9 Å². The second kappa shape index (κ2) is 11.6. The van der Waals surface area contributed by atoms with E-state index in [4.69, 9.17) is 4.74 Å². The predicted molar refractivity (Wildman–Crippen MR) is 136 cm³/mol. The molecule has 1 saturated carbocycles. The van der Waals surface area contributed by atoms with Gasteiger partial charge in [-0.3, -0.25) is 9.69 Å². The summed E-state index contributed by atoms with van der Waals surface area (Å²) in [5, 5.41) is 3.51. The minimum Gasteiger partial charge on any atom is -0.464 e. The van der Waals surface area contributed by atoms with Crippen LogP contribution in [-0.2, 0) is 17.8 Å². The predicted octanol–water partition coefficient (Wildman–Crippen LogP) is 5.62. The Balaban J connectivity index is 1.15. The Hall–Kier alpha value is -2.32. The smallest absolute Gasteiger partial charge is 0.278 e. The van der Waals surface area contributed by atoms with Gasteiger partial charge in [0.25, 0.3) is 11.1 Å². The number of carbonyl (C=O) groups excluding carboxylic acids is 1. The largest absolute Gasteiger partial charge is 0.464 e. The summed E-state index contributed by atoms with van der Waals surface area (Å²) < 4.78 is 31.3. The highest BCUT2D eigenvalue weighted by molar-refractivity contribution is 7.13. The molecule has 1 N–H and O–H groups in total. The summed E-state index contributed by atoms with van der Waals surface area (Å²) in [6, 6.07) is 8.36. The fraction of sp³-hybridized carbons (Fsp3) is 0.556. The average Bonchev–Trinajstić information content (AvgIpc) is 3.23. The molecule has 4 rings (SSSR count). The minimum absolute atomic E-state index is 0.0201. The van der Waals surface area contributed by atoms with Gasteiger partial charge in [-0.1, -0.05) is 41.2 Å². The maximum absolute atomic E-state index is 13.0. The van der Waals surface area contributed by atoms with Gasteiger partial charge in [-0.2, -0.15) is 0 Å². The van der Waals surface area contributed by atoms with Crippen molar-refractivity contribution in [3.8, 4) is 5.19 Å². The molecule has 1 aliphatic carbocycles. The molecular weight excluding hydrogens is 468 g/mol. The average molecular weight is 504 g/mol. The number of alkyl halides is 2. The van der Waals surface area contributed by atoms with Gasteiger partial charge in [0, 0.05) is 37.0 Å². The molecule has 1 fully saturated rings. The quantitative estimate of drug-likeness (QED) is 0.451. The van der Waals surface area contributed by atoms with Gasteiger partial charge < -0.3 is 10.1 Å². The van der Waals surface area contributed by atoms with E-state index in [1.807, 2.05) is 31.2 Å². The van der Waals surface area contributed by atoms with E-state index in [-0.39, 0.29) is 11.9 Å². The van der Waals surface area contributed by atoms with Crippen molar-refractivity contribution in [1.82, 2.24) is 15.2 Å². The van der Waals surface area contributed by atoms with E-state index >= 15 is 0 Å². The number of aryl methyl sites for hydroxylation is 1. The van der Waals surface area contributed by atoms with Gasteiger partial charge in [-0.05, 0) is 69.6 Å². The number of nitrogens with zero attached hydrogens (tertiary/aromatic N) is 2. The number of hydrogen-bond acceptors (Lipinski definition) is 5. The number of halogens is 2. The summed E-state index contributed by atoms with van der Waals surface area (Å²) >= 11 is 1.40. The van der Waals surface area contributed by atoms with Crippen LogP contribution in [0.15, 0.2) is 30.3 Å². The summed E-state index contributed by atoms with van der Waals surface area (Å²) in [5.74, 6) is -2.19. The number of rotatable bonds is 9. The first-order chi connectivity index (χ1) is 16.7. The number of nitrogens with one attached hydrogen (secondary N) is 1. The topological polar surface area (TPSA) is 54.5 Å². The van der Waals surface area contributed by atoms with E-state index in [0.29, 0.717) is 11.1 Å². The first-order valence-electron chi connectivity index (χ1n) is 12.5. The Morgan fingerprint density at radius 3 is 2.86 bits per heavy atom. The van der Waals surface area contributed by atoms with Crippen LogP contribution in [0, 0.1) is 12.8 Å². The lowest BCUT2D eigenvalue weighted by Crippen LogP contribution is -2.37. The van der Waals surface area contributed by atoms with Crippen molar-refractivity contribution < 1.29 is 18.3 Å². The molecule has 2 heterocycles. The molecule has 190 valence electrons. The molecule has 0 unspecified atom stereocenters. The highest BCUT2D eigenvalue weighted by Gasteiger charge is 2.27. The molecule has 0 saturated heterocycles. The summed E-state index contributed by atoms with van der Waals surface area (Å²) in [6.07, 6.45) is 9.84. The van der Waals surface area contributed by atoms with Gasteiger partial charge in [0.15, 0.2) is 6.61 Å². The molecule has 1 aromatic carbocycles. The molecule has 0 radical (unpaired) electrons. The number of benzene rings is 1. The highest BCUT2D eigenvalue weighted by atomic mass is 32.1. The van der Waals surface area contributed by atoms with E-state index in [0.717, 1.165) is 81.2 Å². The van der Waals surface area contributed by atoms with E-state index in [2.05, 4.69) is 21.3 Å². The first-order valence-corrected chi connectivity index (χ1v) is 13.3. The third-order valence-electron chi connectivity index (χ3n) is 6.75. The number of ether oxygens (including phenoxy) is 1. The maximum Gasteiger partial charge on any atom is 0.278 e. The molecular formula is C27H35F2N3O2S. The van der Waals surface area contributed by atoms with Crippen LogP contribution in [0.25, 0.3) is 6.08 Å². The first kappa shape index (κ1) is 25.8. The maximum atomic E-state index is 13.0. The molecule has 0 spiro atoms. The zero-order valence-corrected chi connectivity index (χ0v) is 21.4. The van der Waals surface area contributed by atoms with Crippen LogP contribution < -0.4 is 10.1 Å². The van der Waals surface area contributed by atoms with E-state index in [1.54, 1.807) is 6.08 Å². The second-order valence-corrected chi connectivity index (χ2v) is 11.0. The Morgan fingerprint density at radius 2 is 2.11 bits per heavy atom. The van der Waals surface area contributed by atoms with Gasteiger partial charge in [-0.25, -0.2) is 13.8 Å². The van der Waals surface area contributed by atoms with Gasteiger partial charge in [-0.15, -0.1) is 0 Å². The van der Waals surface area contributed by atoms with Crippen molar-refractivity contribution in [2.24, 2.45) is 5.92 Å². The third-order valence-corrected chi connectivity index (χ3v) is 7.82. The van der Waals surface area contributed by atoms with Crippen LogP contribution in [0.4, 0.5) is 8.78 Å². The Morgan fingerprint density at radius 1 is 1.31 bits per heavy atom. The number of hydrogen-bond donors (Lipinski definition) is 1. The summed E-state index contributed by atoms with van der Waals surface area (Å²) in [4.78, 5) is 20.3. The van der Waals surface area contributed by atoms with Crippen LogP contribution in [0.1, 0.15) is 60.7 Å². The molecule has 2 aliphatic rings. The zero-order chi connectivity index (χ0) is 24.8. The van der Waals surface area contributed by atoms with Crippen LogP contribution in [-0.4, -0.2) is 47.5 Å². The molecule has 8 heteroatoms. The molecule has 35 heavy (non-hydrogen) atoms. The molecule has 2 aromatic rings. The molecule has 1 amide bonds. The lowest BCUT2D eigenvalue weighted by atomic mass is 9.84. The lowest BCUT2D eigenvalue weighted by Gasteiger charge is -2.31. The molecule has 0 bridgehead atoms. The number of thiazole rings is 1. The van der Waals surface area contributed by atoms with E-state index < -0.39 is 12.5 Å². The monoisotopic (exact) mass is 503 g/mol. The third kappa shape index (κ3) is 8.10. The Bertz CT molecular complexity index is 1030. The van der Waals surface area contributed by atoms with Crippen molar-refractivity contribution in [2.75, 3.05) is 19.7 Å². The van der Waals surface area contributed by atoms with Gasteiger partial charge in [0.1, 0.15) is 0 Å². The SMILES string of the molecule is Cc1cccc(/C=C/C(=O)NC2CCC(CCN3CCc4sc(OCC(C)(F)F)nc4C3)CC2)c1. The molecule has 1 aliphatic heterocycles. The van der Waals surface area contributed by atoms with Gasteiger partial charge in [0.2, 0.25) is 5.91 Å². The number of carbonyl (C=O) groups is 1. The summed E-state index contributed by atoms with van der Waals surface area (Å²) in [7, 11) is 0. The Kier molecular flexibility index (Phi) is 8.55. The normalized spacial score (nSPS) is 21.1. The summed E-state index contributed by atoms with van der Waals surface area (Å²) in [5.41, 5.74) is 3.19. The van der Waals surface area contributed by atoms with Crippen molar-refractivity contribution in [3.63, 3.8) is 0 Å².